The van der Waals surface area contributed by atoms with Gasteiger partial charge in [-0.2, -0.15) is 0 Å². The average Bonchev–Trinajstić information content (AvgIpc) is 2.90. The number of benzene rings is 2. The van der Waals surface area contributed by atoms with Crippen LogP contribution in [-0.4, -0.2) is 55.7 Å². The smallest absolute Gasteiger partial charge is 0.251 e. The summed E-state index contributed by atoms with van der Waals surface area (Å²) in [5.41, 5.74) is 2.89. The van der Waals surface area contributed by atoms with Gasteiger partial charge in [0.2, 0.25) is 0 Å². The van der Waals surface area contributed by atoms with Crippen molar-refractivity contribution in [2.75, 3.05) is 49.6 Å². The van der Waals surface area contributed by atoms with Crippen molar-refractivity contribution < 1.29 is 9.53 Å². The predicted octanol–water partition coefficient (Wildman–Crippen LogP) is 5.14. The maximum atomic E-state index is 12.4. The minimum atomic E-state index is -0.0503. The van der Waals surface area contributed by atoms with Crippen molar-refractivity contribution in [3.63, 3.8) is 0 Å². The molecule has 1 N–H and O–H groups in total. The fraction of sp³-hybridized carbons (Fsp3) is 0.370. The first-order valence-corrected chi connectivity index (χ1v) is 13.5. The van der Waals surface area contributed by atoms with Crippen LogP contribution in [0.5, 0.6) is 5.75 Å². The molecule has 7 nitrogen and oxygen atoms in total. The highest BCUT2D eigenvalue weighted by molar-refractivity contribution is 7.98. The first-order valence-electron chi connectivity index (χ1n) is 12.1. The Labute approximate surface area is 222 Å². The van der Waals surface area contributed by atoms with Crippen molar-refractivity contribution in [3.05, 3.63) is 70.9 Å². The van der Waals surface area contributed by atoms with Gasteiger partial charge in [0.1, 0.15) is 16.7 Å². The van der Waals surface area contributed by atoms with Crippen LogP contribution in [0.4, 0.5) is 11.5 Å². The topological polar surface area (TPSA) is 70.6 Å². The summed E-state index contributed by atoms with van der Waals surface area (Å²) in [7, 11) is 1.68. The first-order chi connectivity index (χ1) is 17.4. The van der Waals surface area contributed by atoms with Gasteiger partial charge in [-0.3, -0.25) is 4.79 Å². The maximum Gasteiger partial charge on any atom is 0.251 e. The highest BCUT2D eigenvalue weighted by atomic mass is 35.5. The number of carbonyl (C=O) groups is 1. The molecule has 2 heterocycles. The van der Waals surface area contributed by atoms with Crippen molar-refractivity contribution in [1.29, 1.82) is 0 Å². The van der Waals surface area contributed by atoms with Crippen LogP contribution in [0, 0.1) is 5.92 Å². The standard InChI is InChI=1S/C27H32ClN5O2S/c1-19(2)17-29-26(34)21-6-4-5-20(15-21)18-36-27-30-24(28)16-25(31-27)33-13-11-32(12-14-33)22-7-9-23(35-3)10-8-22/h4-10,15-16,19H,11-14,17-18H2,1-3H3,(H,29,34). The number of nitrogens with one attached hydrogen (secondary N) is 1. The first kappa shape index (κ1) is 26.1. The van der Waals surface area contributed by atoms with Crippen LogP contribution in [0.3, 0.4) is 0 Å². The summed E-state index contributed by atoms with van der Waals surface area (Å²) >= 11 is 7.88. The molecule has 0 aliphatic carbocycles. The second kappa shape index (κ2) is 12.3. The molecule has 36 heavy (non-hydrogen) atoms. The lowest BCUT2D eigenvalue weighted by Gasteiger charge is -2.36. The van der Waals surface area contributed by atoms with E-state index in [1.54, 1.807) is 7.11 Å². The third kappa shape index (κ3) is 7.04. The molecule has 1 amide bonds. The second-order valence-electron chi connectivity index (χ2n) is 9.10. The predicted molar refractivity (Wildman–Crippen MR) is 148 cm³/mol. The zero-order valence-electron chi connectivity index (χ0n) is 20.9. The van der Waals surface area contributed by atoms with Crippen LogP contribution in [0.25, 0.3) is 0 Å². The number of hydrogen-bond donors (Lipinski definition) is 1. The molecule has 0 bridgehead atoms. The van der Waals surface area contributed by atoms with Gasteiger partial charge in [0.05, 0.1) is 7.11 Å². The number of nitrogens with zero attached hydrogens (tertiary/aromatic N) is 4. The molecule has 0 atom stereocenters. The van der Waals surface area contributed by atoms with E-state index in [2.05, 4.69) is 46.1 Å². The number of piperazine rings is 1. The Morgan fingerprint density at radius 3 is 2.47 bits per heavy atom. The van der Waals surface area contributed by atoms with E-state index < -0.39 is 0 Å². The lowest BCUT2D eigenvalue weighted by atomic mass is 10.1. The van der Waals surface area contributed by atoms with Gasteiger partial charge >= 0.3 is 0 Å². The quantitative estimate of drug-likeness (QED) is 0.235. The van der Waals surface area contributed by atoms with Crippen LogP contribution in [0.1, 0.15) is 29.8 Å². The van der Waals surface area contributed by atoms with E-state index >= 15 is 0 Å². The Hall–Kier alpha value is -2.97. The van der Waals surface area contributed by atoms with E-state index in [1.807, 2.05) is 42.5 Å². The Bertz CT molecular complexity index is 1170. The highest BCUT2D eigenvalue weighted by Crippen LogP contribution is 2.27. The Morgan fingerprint density at radius 2 is 1.78 bits per heavy atom. The fourth-order valence-electron chi connectivity index (χ4n) is 3.95. The summed E-state index contributed by atoms with van der Waals surface area (Å²) in [4.78, 5) is 26.2. The van der Waals surface area contributed by atoms with Crippen LogP contribution >= 0.6 is 23.4 Å². The summed E-state index contributed by atoms with van der Waals surface area (Å²) in [6.45, 7) is 8.28. The van der Waals surface area contributed by atoms with E-state index in [4.69, 9.17) is 21.3 Å². The number of methoxy groups -OCH3 is 1. The molecule has 9 heteroatoms. The summed E-state index contributed by atoms with van der Waals surface area (Å²) in [5.74, 6) is 2.71. The van der Waals surface area contributed by atoms with Crippen LogP contribution in [-0.2, 0) is 5.75 Å². The molecule has 1 aliphatic heterocycles. The Morgan fingerprint density at radius 1 is 1.06 bits per heavy atom. The van der Waals surface area contributed by atoms with Gasteiger partial charge < -0.3 is 19.9 Å². The maximum absolute atomic E-state index is 12.4. The van der Waals surface area contributed by atoms with Gasteiger partial charge in [-0.15, -0.1) is 0 Å². The van der Waals surface area contributed by atoms with E-state index in [0.717, 1.165) is 43.3 Å². The molecule has 1 fully saturated rings. The molecule has 0 unspecified atom stereocenters. The number of aromatic nitrogens is 2. The molecular weight excluding hydrogens is 494 g/mol. The summed E-state index contributed by atoms with van der Waals surface area (Å²) in [6, 6.07) is 17.7. The molecule has 0 saturated carbocycles. The lowest BCUT2D eigenvalue weighted by molar-refractivity contribution is 0.0949. The number of rotatable bonds is 9. The SMILES string of the molecule is COc1ccc(N2CCN(c3cc(Cl)nc(SCc4cccc(C(=O)NCC(C)C)c4)n3)CC2)cc1. The third-order valence-electron chi connectivity index (χ3n) is 5.93. The highest BCUT2D eigenvalue weighted by Gasteiger charge is 2.20. The number of anilines is 2. The van der Waals surface area contributed by atoms with Crippen molar-refractivity contribution >= 4 is 40.8 Å². The summed E-state index contributed by atoms with van der Waals surface area (Å²) < 4.78 is 5.26. The zero-order chi connectivity index (χ0) is 25.5. The van der Waals surface area contributed by atoms with E-state index in [1.165, 1.54) is 17.4 Å². The Balaban J connectivity index is 1.36. The minimum absolute atomic E-state index is 0.0503. The van der Waals surface area contributed by atoms with Gasteiger partial charge in [-0.1, -0.05) is 49.3 Å². The monoisotopic (exact) mass is 525 g/mol. The molecule has 1 aromatic heterocycles. The molecule has 0 radical (unpaired) electrons. The van der Waals surface area contributed by atoms with Crippen molar-refractivity contribution in [1.82, 2.24) is 15.3 Å². The molecule has 2 aromatic carbocycles. The molecular formula is C27H32ClN5O2S. The third-order valence-corrected chi connectivity index (χ3v) is 7.04. The number of hydrogen-bond acceptors (Lipinski definition) is 7. The van der Waals surface area contributed by atoms with E-state index in [-0.39, 0.29) is 5.91 Å². The largest absolute Gasteiger partial charge is 0.497 e. The van der Waals surface area contributed by atoms with Crippen molar-refractivity contribution in [2.24, 2.45) is 5.92 Å². The fourth-order valence-corrected chi connectivity index (χ4v) is 4.97. The zero-order valence-corrected chi connectivity index (χ0v) is 22.5. The molecule has 1 aliphatic rings. The van der Waals surface area contributed by atoms with Crippen molar-refractivity contribution in [2.45, 2.75) is 24.8 Å². The second-order valence-corrected chi connectivity index (χ2v) is 10.4. The molecule has 1 saturated heterocycles. The normalized spacial score (nSPS) is 13.7. The minimum Gasteiger partial charge on any atom is -0.497 e. The average molecular weight is 526 g/mol. The Kier molecular flexibility index (Phi) is 8.93. The van der Waals surface area contributed by atoms with E-state index in [0.29, 0.717) is 34.1 Å². The molecule has 3 aromatic rings. The summed E-state index contributed by atoms with van der Waals surface area (Å²) in [5, 5.41) is 4.03. The number of thioether (sulfide) groups is 1. The van der Waals surface area contributed by atoms with Crippen LogP contribution in [0.15, 0.2) is 59.8 Å². The van der Waals surface area contributed by atoms with Crippen LogP contribution in [0.2, 0.25) is 5.15 Å². The van der Waals surface area contributed by atoms with Gasteiger partial charge in [-0.25, -0.2) is 9.97 Å². The molecule has 190 valence electrons. The number of ether oxygens (including phenoxy) is 1. The van der Waals surface area contributed by atoms with Crippen molar-refractivity contribution in [3.8, 4) is 5.75 Å². The van der Waals surface area contributed by atoms with Gasteiger partial charge in [0, 0.05) is 55.8 Å². The summed E-state index contributed by atoms with van der Waals surface area (Å²) in [6.07, 6.45) is 0. The number of amides is 1. The molecule has 0 spiro atoms. The molecule has 4 rings (SSSR count). The number of carbonyl (C=O) groups excluding carboxylic acids is 1. The van der Waals surface area contributed by atoms with Crippen LogP contribution < -0.4 is 19.9 Å². The number of halogens is 1. The van der Waals surface area contributed by atoms with E-state index in [9.17, 15) is 4.79 Å². The van der Waals surface area contributed by atoms with Gasteiger partial charge in [0.25, 0.3) is 5.91 Å². The van der Waals surface area contributed by atoms with Gasteiger partial charge in [0.15, 0.2) is 5.16 Å². The lowest BCUT2D eigenvalue weighted by Crippen LogP contribution is -2.46. The van der Waals surface area contributed by atoms with Gasteiger partial charge in [-0.05, 0) is 47.9 Å².